The predicted octanol–water partition coefficient (Wildman–Crippen LogP) is 0.310. The van der Waals surface area contributed by atoms with Crippen molar-refractivity contribution in [1.82, 2.24) is 9.80 Å². The molecule has 22 heavy (non-hydrogen) atoms. The molecular formula is C17H28N2O3. The van der Waals surface area contributed by atoms with Crippen LogP contribution < -0.4 is 0 Å². The van der Waals surface area contributed by atoms with Crippen molar-refractivity contribution in [2.75, 3.05) is 39.4 Å². The summed E-state index contributed by atoms with van der Waals surface area (Å²) in [6, 6.07) is 0.591. The third-order valence-corrected chi connectivity index (χ3v) is 7.05. The van der Waals surface area contributed by atoms with Crippen molar-refractivity contribution in [2.24, 2.45) is 23.2 Å². The van der Waals surface area contributed by atoms with E-state index < -0.39 is 0 Å². The number of amides is 1. The normalized spacial score (nSPS) is 35.3. The molecule has 4 fully saturated rings. The quantitative estimate of drug-likeness (QED) is 0.785. The van der Waals surface area contributed by atoms with Gasteiger partial charge in [-0.2, -0.15) is 0 Å². The third-order valence-electron chi connectivity index (χ3n) is 7.05. The van der Waals surface area contributed by atoms with Crippen LogP contribution in [0.2, 0.25) is 0 Å². The molecule has 1 amide bonds. The van der Waals surface area contributed by atoms with Gasteiger partial charge in [0.25, 0.3) is 0 Å². The molecular weight excluding hydrogens is 280 g/mol. The van der Waals surface area contributed by atoms with Gasteiger partial charge < -0.3 is 15.1 Å². The standard InChI is InChI=1S/C17H28N2O3/c20-10-17(11-21)14-8-19(9-15(14)17)13-4-6-18(7-5-13)16(22)12-2-1-3-12/h12-15,20-21H,1-11H2. The molecule has 124 valence electrons. The molecule has 0 aromatic heterocycles. The van der Waals surface area contributed by atoms with Gasteiger partial charge in [0.2, 0.25) is 5.91 Å². The number of rotatable bonds is 4. The number of aliphatic hydroxyl groups is 2. The molecule has 4 rings (SSSR count). The van der Waals surface area contributed by atoms with Crippen LogP contribution in [0.15, 0.2) is 0 Å². The topological polar surface area (TPSA) is 64.0 Å². The molecule has 0 aromatic carbocycles. The van der Waals surface area contributed by atoms with Crippen molar-refractivity contribution in [1.29, 1.82) is 0 Å². The first-order valence-electron chi connectivity index (χ1n) is 8.94. The summed E-state index contributed by atoms with van der Waals surface area (Å²) < 4.78 is 0. The molecule has 2 N–H and O–H groups in total. The molecule has 2 aliphatic carbocycles. The van der Waals surface area contributed by atoms with Crippen molar-refractivity contribution in [3.05, 3.63) is 0 Å². The van der Waals surface area contributed by atoms with Crippen molar-refractivity contribution < 1.29 is 15.0 Å². The largest absolute Gasteiger partial charge is 0.396 e. The number of carbonyl (C=O) groups excluding carboxylic acids is 1. The summed E-state index contributed by atoms with van der Waals surface area (Å²) in [5.41, 5.74) is -0.183. The van der Waals surface area contributed by atoms with Gasteiger partial charge in [-0.1, -0.05) is 6.42 Å². The fourth-order valence-electron chi connectivity index (χ4n) is 5.05. The number of likely N-dealkylation sites (tertiary alicyclic amines) is 2. The lowest BCUT2D eigenvalue weighted by molar-refractivity contribution is -0.139. The molecule has 0 bridgehead atoms. The maximum atomic E-state index is 12.3. The highest BCUT2D eigenvalue weighted by Gasteiger charge is 2.67. The zero-order valence-electron chi connectivity index (χ0n) is 13.3. The first-order valence-corrected chi connectivity index (χ1v) is 8.94. The van der Waals surface area contributed by atoms with E-state index in [1.807, 2.05) is 0 Å². The Kier molecular flexibility index (Phi) is 3.70. The molecule has 0 radical (unpaired) electrons. The smallest absolute Gasteiger partial charge is 0.225 e. The van der Waals surface area contributed by atoms with Crippen LogP contribution in [0, 0.1) is 23.2 Å². The number of carbonyl (C=O) groups is 1. The number of fused-ring (bicyclic) bond motifs is 1. The minimum Gasteiger partial charge on any atom is -0.396 e. The van der Waals surface area contributed by atoms with Crippen LogP contribution in [-0.4, -0.2) is 71.4 Å². The van der Waals surface area contributed by atoms with Crippen LogP contribution in [0.25, 0.3) is 0 Å². The predicted molar refractivity (Wildman–Crippen MR) is 82.1 cm³/mol. The third kappa shape index (κ3) is 2.13. The van der Waals surface area contributed by atoms with Gasteiger partial charge in [-0.15, -0.1) is 0 Å². The molecule has 2 saturated heterocycles. The monoisotopic (exact) mass is 308 g/mol. The minimum absolute atomic E-state index is 0.126. The Bertz CT molecular complexity index is 425. The summed E-state index contributed by atoms with van der Waals surface area (Å²) in [4.78, 5) is 16.9. The van der Waals surface area contributed by atoms with E-state index in [4.69, 9.17) is 0 Å². The lowest BCUT2D eigenvalue weighted by Gasteiger charge is -2.40. The van der Waals surface area contributed by atoms with Gasteiger partial charge in [-0.05, 0) is 37.5 Å². The summed E-state index contributed by atoms with van der Waals surface area (Å²) in [6.45, 7) is 4.12. The van der Waals surface area contributed by atoms with Crippen molar-refractivity contribution in [3.63, 3.8) is 0 Å². The molecule has 5 heteroatoms. The number of hydrogen-bond acceptors (Lipinski definition) is 4. The minimum atomic E-state index is -0.183. The number of aliphatic hydroxyl groups excluding tert-OH is 2. The second-order valence-corrected chi connectivity index (χ2v) is 7.90. The van der Waals surface area contributed by atoms with Gasteiger partial charge in [0.05, 0.1) is 13.2 Å². The Labute approximate surface area is 132 Å². The van der Waals surface area contributed by atoms with Crippen LogP contribution in [0.5, 0.6) is 0 Å². The molecule has 2 heterocycles. The first-order chi connectivity index (χ1) is 10.7. The molecule has 0 aromatic rings. The van der Waals surface area contributed by atoms with Gasteiger partial charge in [0.15, 0.2) is 0 Å². The van der Waals surface area contributed by atoms with E-state index in [1.165, 1.54) is 6.42 Å². The van der Waals surface area contributed by atoms with E-state index in [9.17, 15) is 15.0 Å². The lowest BCUT2D eigenvalue weighted by Crippen LogP contribution is -2.49. The Balaban J connectivity index is 1.26. The summed E-state index contributed by atoms with van der Waals surface area (Å²) in [6.07, 6.45) is 5.59. The first kappa shape index (κ1) is 14.9. The summed E-state index contributed by atoms with van der Waals surface area (Å²) in [5.74, 6) is 1.69. The van der Waals surface area contributed by atoms with Crippen LogP contribution in [-0.2, 0) is 4.79 Å². The van der Waals surface area contributed by atoms with E-state index in [2.05, 4.69) is 9.80 Å². The van der Waals surface area contributed by atoms with Crippen molar-refractivity contribution in [2.45, 2.75) is 38.1 Å². The Morgan fingerprint density at radius 1 is 1.00 bits per heavy atom. The second kappa shape index (κ2) is 5.46. The van der Waals surface area contributed by atoms with Crippen LogP contribution in [0.3, 0.4) is 0 Å². The van der Waals surface area contributed by atoms with Gasteiger partial charge in [0.1, 0.15) is 0 Å². The average Bonchev–Trinajstić information content (AvgIpc) is 2.87. The highest BCUT2D eigenvalue weighted by Crippen LogP contribution is 2.62. The van der Waals surface area contributed by atoms with Gasteiger partial charge in [0, 0.05) is 43.6 Å². The Hall–Kier alpha value is -0.650. The SMILES string of the molecule is O=C(C1CCC1)N1CCC(N2CC3C(C2)C3(CO)CO)CC1. The van der Waals surface area contributed by atoms with Crippen LogP contribution >= 0.6 is 0 Å². The molecule has 2 atom stereocenters. The van der Waals surface area contributed by atoms with E-state index in [0.29, 0.717) is 29.7 Å². The molecule has 2 saturated carbocycles. The zero-order chi connectivity index (χ0) is 15.3. The summed E-state index contributed by atoms with van der Waals surface area (Å²) in [7, 11) is 0. The molecule has 4 aliphatic rings. The van der Waals surface area contributed by atoms with E-state index >= 15 is 0 Å². The molecule has 5 nitrogen and oxygen atoms in total. The second-order valence-electron chi connectivity index (χ2n) is 7.90. The lowest BCUT2D eigenvalue weighted by atomic mass is 9.84. The number of piperidine rings is 2. The van der Waals surface area contributed by atoms with Gasteiger partial charge in [-0.3, -0.25) is 9.69 Å². The van der Waals surface area contributed by atoms with Crippen molar-refractivity contribution >= 4 is 5.91 Å². The highest BCUT2D eigenvalue weighted by molar-refractivity contribution is 5.79. The molecule has 2 aliphatic heterocycles. The van der Waals surface area contributed by atoms with Crippen LogP contribution in [0.1, 0.15) is 32.1 Å². The fourth-order valence-corrected chi connectivity index (χ4v) is 5.05. The Morgan fingerprint density at radius 2 is 1.59 bits per heavy atom. The zero-order valence-corrected chi connectivity index (χ0v) is 13.3. The van der Waals surface area contributed by atoms with Crippen LogP contribution in [0.4, 0.5) is 0 Å². The van der Waals surface area contributed by atoms with Crippen molar-refractivity contribution in [3.8, 4) is 0 Å². The van der Waals surface area contributed by atoms with Gasteiger partial charge in [-0.25, -0.2) is 0 Å². The maximum Gasteiger partial charge on any atom is 0.225 e. The van der Waals surface area contributed by atoms with E-state index in [1.54, 1.807) is 0 Å². The van der Waals surface area contributed by atoms with E-state index in [0.717, 1.165) is 51.9 Å². The molecule has 2 unspecified atom stereocenters. The highest BCUT2D eigenvalue weighted by atomic mass is 16.3. The Morgan fingerprint density at radius 3 is 2.05 bits per heavy atom. The summed E-state index contributed by atoms with van der Waals surface area (Å²) in [5, 5.41) is 19.0. The fraction of sp³-hybridized carbons (Fsp3) is 0.941. The number of nitrogens with zero attached hydrogens (tertiary/aromatic N) is 2. The maximum absolute atomic E-state index is 12.3. The van der Waals surface area contributed by atoms with E-state index in [-0.39, 0.29) is 18.6 Å². The molecule has 0 spiro atoms. The number of hydrogen-bond donors (Lipinski definition) is 2. The average molecular weight is 308 g/mol. The van der Waals surface area contributed by atoms with Gasteiger partial charge >= 0.3 is 0 Å². The summed E-state index contributed by atoms with van der Waals surface area (Å²) >= 11 is 0.